The third-order valence-electron chi connectivity index (χ3n) is 3.80. The van der Waals surface area contributed by atoms with Crippen molar-refractivity contribution < 1.29 is 13.6 Å². The molecule has 0 fully saturated rings. The van der Waals surface area contributed by atoms with E-state index >= 15 is 0 Å². The van der Waals surface area contributed by atoms with E-state index in [4.69, 9.17) is 11.6 Å². The predicted molar refractivity (Wildman–Crippen MR) is 93.6 cm³/mol. The number of amides is 1. The fourth-order valence-electron chi connectivity index (χ4n) is 2.63. The van der Waals surface area contributed by atoms with Crippen LogP contribution in [0.2, 0.25) is 5.02 Å². The van der Waals surface area contributed by atoms with Crippen LogP contribution in [0.15, 0.2) is 67.0 Å². The number of benzene rings is 2. The Morgan fingerprint density at radius 3 is 2.52 bits per heavy atom. The van der Waals surface area contributed by atoms with Gasteiger partial charge in [-0.25, -0.2) is 8.78 Å². The lowest BCUT2D eigenvalue weighted by Crippen LogP contribution is -2.19. The summed E-state index contributed by atoms with van der Waals surface area (Å²) in [7, 11) is 0. The molecule has 3 aromatic rings. The number of nitrogens with one attached hydrogen (secondary N) is 1. The molecule has 1 heterocycles. The Labute approximate surface area is 148 Å². The highest BCUT2D eigenvalue weighted by atomic mass is 35.5. The first kappa shape index (κ1) is 17.2. The van der Waals surface area contributed by atoms with Gasteiger partial charge in [-0.05, 0) is 48.0 Å². The van der Waals surface area contributed by atoms with Gasteiger partial charge in [0.2, 0.25) is 5.91 Å². The summed E-state index contributed by atoms with van der Waals surface area (Å²) in [5, 5.41) is 2.62. The van der Waals surface area contributed by atoms with Gasteiger partial charge in [0.25, 0.3) is 0 Å². The summed E-state index contributed by atoms with van der Waals surface area (Å²) in [5.41, 5.74) is 1.09. The highest BCUT2D eigenvalue weighted by Crippen LogP contribution is 2.25. The predicted octanol–water partition coefficient (Wildman–Crippen LogP) is 5.04. The summed E-state index contributed by atoms with van der Waals surface area (Å²) in [4.78, 5) is 12.4. The lowest BCUT2D eigenvalue weighted by molar-refractivity contribution is -0.116. The van der Waals surface area contributed by atoms with Crippen LogP contribution in [0.1, 0.15) is 18.0 Å². The maximum Gasteiger partial charge on any atom is 0.226 e. The van der Waals surface area contributed by atoms with Gasteiger partial charge in [-0.3, -0.25) is 4.79 Å². The number of anilines is 1. The van der Waals surface area contributed by atoms with E-state index < -0.39 is 5.82 Å². The number of hydrogen-bond acceptors (Lipinski definition) is 1. The third kappa shape index (κ3) is 4.25. The number of halogens is 3. The number of hydrogen-bond donors (Lipinski definition) is 1. The van der Waals surface area contributed by atoms with Crippen LogP contribution in [0.5, 0.6) is 0 Å². The molecule has 0 aliphatic carbocycles. The second-order valence-corrected chi connectivity index (χ2v) is 5.99. The molecule has 0 aliphatic rings. The average molecular weight is 361 g/mol. The maximum absolute atomic E-state index is 13.6. The highest BCUT2D eigenvalue weighted by molar-refractivity contribution is 6.31. The maximum atomic E-state index is 13.6. The van der Waals surface area contributed by atoms with Crippen LogP contribution in [0.3, 0.4) is 0 Å². The van der Waals surface area contributed by atoms with Crippen molar-refractivity contribution in [2.45, 2.75) is 12.5 Å². The Hall–Kier alpha value is -2.66. The first-order valence-electron chi connectivity index (χ1n) is 7.66. The van der Waals surface area contributed by atoms with Gasteiger partial charge in [-0.2, -0.15) is 0 Å². The molecule has 1 aromatic heterocycles. The van der Waals surface area contributed by atoms with Crippen LogP contribution in [-0.2, 0) is 4.79 Å². The van der Waals surface area contributed by atoms with Crippen molar-refractivity contribution in [2.75, 3.05) is 5.32 Å². The van der Waals surface area contributed by atoms with Crippen LogP contribution in [-0.4, -0.2) is 10.5 Å². The highest BCUT2D eigenvalue weighted by Gasteiger charge is 2.18. The Kier molecular flexibility index (Phi) is 5.14. The van der Waals surface area contributed by atoms with Crippen molar-refractivity contribution in [2.24, 2.45) is 0 Å². The lowest BCUT2D eigenvalue weighted by Gasteiger charge is -2.19. The second-order valence-electron chi connectivity index (χ2n) is 5.58. The zero-order valence-corrected chi connectivity index (χ0v) is 13.9. The largest absolute Gasteiger partial charge is 0.346 e. The molecular weight excluding hydrogens is 346 g/mol. The standard InChI is InChI=1S/C19H15ClF2N2O/c20-16-11-15(6-7-17(16)22)23-19(25)12-18(24-8-1-2-9-24)13-4-3-5-14(21)10-13/h1-11,18H,12H2,(H,23,25). The topological polar surface area (TPSA) is 34.0 Å². The molecule has 128 valence electrons. The SMILES string of the molecule is O=C(CC(c1cccc(F)c1)n1cccc1)Nc1ccc(F)c(Cl)c1. The van der Waals surface area contributed by atoms with Gasteiger partial charge in [-0.15, -0.1) is 0 Å². The Morgan fingerprint density at radius 2 is 1.84 bits per heavy atom. The van der Waals surface area contributed by atoms with Gasteiger partial charge >= 0.3 is 0 Å². The van der Waals surface area contributed by atoms with Gasteiger partial charge < -0.3 is 9.88 Å². The van der Waals surface area contributed by atoms with E-state index in [9.17, 15) is 13.6 Å². The minimum absolute atomic E-state index is 0.0649. The molecule has 1 unspecified atom stereocenters. The molecule has 0 radical (unpaired) electrons. The van der Waals surface area contributed by atoms with E-state index in [1.54, 1.807) is 12.1 Å². The van der Waals surface area contributed by atoms with Crippen LogP contribution in [0, 0.1) is 11.6 Å². The van der Waals surface area contributed by atoms with Crippen molar-refractivity contribution in [3.05, 3.63) is 89.2 Å². The van der Waals surface area contributed by atoms with Crippen molar-refractivity contribution >= 4 is 23.2 Å². The number of carbonyl (C=O) groups is 1. The monoisotopic (exact) mass is 360 g/mol. The normalized spacial score (nSPS) is 12.0. The summed E-state index contributed by atoms with van der Waals surface area (Å²) in [6, 6.07) is 13.4. The Bertz CT molecular complexity index is 881. The zero-order chi connectivity index (χ0) is 17.8. The van der Waals surface area contributed by atoms with Gasteiger partial charge in [0.1, 0.15) is 11.6 Å². The van der Waals surface area contributed by atoms with E-state index in [0.29, 0.717) is 11.3 Å². The van der Waals surface area contributed by atoms with Crippen LogP contribution < -0.4 is 5.32 Å². The average Bonchev–Trinajstić information content (AvgIpc) is 3.10. The van der Waals surface area contributed by atoms with Crippen LogP contribution in [0.4, 0.5) is 14.5 Å². The summed E-state index contributed by atoms with van der Waals surface area (Å²) in [5.74, 6) is -1.20. The van der Waals surface area contributed by atoms with Crippen molar-refractivity contribution in [1.82, 2.24) is 4.57 Å². The number of nitrogens with zero attached hydrogens (tertiary/aromatic N) is 1. The molecule has 25 heavy (non-hydrogen) atoms. The summed E-state index contributed by atoms with van der Waals surface area (Å²) in [6.45, 7) is 0. The fraction of sp³-hybridized carbons (Fsp3) is 0.105. The summed E-state index contributed by atoms with van der Waals surface area (Å²) < 4.78 is 28.6. The minimum Gasteiger partial charge on any atom is -0.346 e. The smallest absolute Gasteiger partial charge is 0.226 e. The first-order valence-corrected chi connectivity index (χ1v) is 8.03. The molecule has 0 saturated heterocycles. The van der Waals surface area contributed by atoms with Gasteiger partial charge in [0.15, 0.2) is 0 Å². The number of rotatable bonds is 5. The Morgan fingerprint density at radius 1 is 1.08 bits per heavy atom. The quantitative estimate of drug-likeness (QED) is 0.679. The molecule has 1 N–H and O–H groups in total. The molecule has 0 saturated carbocycles. The molecular formula is C19H15ClF2N2O. The van der Waals surface area contributed by atoms with Gasteiger partial charge in [0.05, 0.1) is 17.5 Å². The molecule has 6 heteroatoms. The molecule has 0 aliphatic heterocycles. The lowest BCUT2D eigenvalue weighted by atomic mass is 10.0. The molecule has 3 nitrogen and oxygen atoms in total. The van der Waals surface area contributed by atoms with Gasteiger partial charge in [0, 0.05) is 18.1 Å². The summed E-state index contributed by atoms with van der Waals surface area (Å²) in [6.07, 6.45) is 3.72. The van der Waals surface area contributed by atoms with E-state index in [2.05, 4.69) is 5.32 Å². The molecule has 1 atom stereocenters. The van der Waals surface area contributed by atoms with Crippen molar-refractivity contribution in [1.29, 1.82) is 0 Å². The molecule has 1 amide bonds. The molecule has 0 spiro atoms. The number of carbonyl (C=O) groups excluding carboxylic acids is 1. The zero-order valence-electron chi connectivity index (χ0n) is 13.1. The molecule has 3 rings (SSSR count). The Balaban J connectivity index is 1.80. The third-order valence-corrected chi connectivity index (χ3v) is 4.09. The second kappa shape index (κ2) is 7.49. The first-order chi connectivity index (χ1) is 12.0. The summed E-state index contributed by atoms with van der Waals surface area (Å²) >= 11 is 5.73. The minimum atomic E-state index is -0.551. The van der Waals surface area contributed by atoms with Crippen molar-refractivity contribution in [3.8, 4) is 0 Å². The van der Waals surface area contributed by atoms with Crippen molar-refractivity contribution in [3.63, 3.8) is 0 Å². The van der Waals surface area contributed by atoms with Crippen LogP contribution >= 0.6 is 11.6 Å². The van der Waals surface area contributed by atoms with Gasteiger partial charge in [-0.1, -0.05) is 23.7 Å². The van der Waals surface area contributed by atoms with E-state index in [1.807, 2.05) is 29.1 Å². The van der Waals surface area contributed by atoms with Crippen LogP contribution in [0.25, 0.3) is 0 Å². The van der Waals surface area contributed by atoms with E-state index in [1.165, 1.54) is 30.3 Å². The molecule has 2 aromatic carbocycles. The fourth-order valence-corrected chi connectivity index (χ4v) is 2.81. The number of aromatic nitrogens is 1. The molecule has 0 bridgehead atoms. The van der Waals surface area contributed by atoms with E-state index in [0.717, 1.165) is 0 Å². The van der Waals surface area contributed by atoms with E-state index in [-0.39, 0.29) is 29.2 Å².